The second kappa shape index (κ2) is 17.1. The van der Waals surface area contributed by atoms with Crippen molar-refractivity contribution in [1.29, 1.82) is 0 Å². The highest BCUT2D eigenvalue weighted by molar-refractivity contribution is 5.97. The van der Waals surface area contributed by atoms with E-state index in [4.69, 9.17) is 9.57 Å². The molecule has 302 valence electrons. The zero-order chi connectivity index (χ0) is 40.5. The average molecular weight is 769 g/mol. The van der Waals surface area contributed by atoms with Gasteiger partial charge in [0, 0.05) is 68.9 Å². The quantitative estimate of drug-likeness (QED) is 0.129. The fraction of sp³-hybridized carbons (Fsp3) is 0.533. The van der Waals surface area contributed by atoms with Crippen molar-refractivity contribution in [3.05, 3.63) is 82.9 Å². The lowest BCUT2D eigenvalue weighted by molar-refractivity contribution is -0.174. The van der Waals surface area contributed by atoms with Crippen molar-refractivity contribution in [2.75, 3.05) is 39.7 Å². The first-order chi connectivity index (χ1) is 26.6. The Hall–Kier alpha value is -4.29. The van der Waals surface area contributed by atoms with E-state index >= 15 is 0 Å². The summed E-state index contributed by atoms with van der Waals surface area (Å²) >= 11 is 0. The van der Waals surface area contributed by atoms with E-state index < -0.39 is 30.1 Å². The van der Waals surface area contributed by atoms with Crippen LogP contribution in [0.5, 0.6) is 5.75 Å². The van der Waals surface area contributed by atoms with E-state index in [0.29, 0.717) is 59.9 Å². The van der Waals surface area contributed by atoms with Crippen LogP contribution in [0.1, 0.15) is 85.2 Å². The number of amides is 1. The smallest absolute Gasteiger partial charge is 0.335 e. The number of aliphatic hydroxyl groups is 1. The number of fused-ring (bicyclic) bond motifs is 2. The molecule has 4 aliphatic rings. The van der Waals surface area contributed by atoms with Crippen LogP contribution < -0.4 is 20.3 Å². The Morgan fingerprint density at radius 1 is 1.05 bits per heavy atom. The van der Waals surface area contributed by atoms with Crippen molar-refractivity contribution in [3.8, 4) is 16.9 Å². The largest absolute Gasteiger partial charge is 0.496 e. The van der Waals surface area contributed by atoms with Gasteiger partial charge in [-0.1, -0.05) is 51.1 Å². The molecule has 1 amide bonds. The number of carboxylic acid groups (broad SMARTS) is 1. The maximum absolute atomic E-state index is 14.6. The van der Waals surface area contributed by atoms with Crippen LogP contribution in [0.2, 0.25) is 0 Å². The second-order valence-electron chi connectivity index (χ2n) is 17.1. The van der Waals surface area contributed by atoms with E-state index in [9.17, 15) is 24.6 Å². The fourth-order valence-corrected chi connectivity index (χ4v) is 9.85. The minimum absolute atomic E-state index is 0.0670. The molecule has 4 fully saturated rings. The molecule has 0 unspecified atom stereocenters. The lowest BCUT2D eigenvalue weighted by Gasteiger charge is -2.62. The molecule has 1 saturated heterocycles. The van der Waals surface area contributed by atoms with Crippen LogP contribution in [-0.2, 0) is 22.7 Å². The van der Waals surface area contributed by atoms with Gasteiger partial charge in [0.1, 0.15) is 11.8 Å². The summed E-state index contributed by atoms with van der Waals surface area (Å²) in [5.41, 5.74) is 5.31. The standard InChI is InChI=1S/C45H60N4O7/c1-26-30(19-34-22-37(26)45(34,3)4)16-17-38(51)41-40(27(2)50)39(24-47-23-28-12-14-29(15-13-28)44(53)54)56-49(41)25-31-10-9-11-36(42(31)55-8)32-18-33(43(52)46-5)21-35(20-32)48(6)7/h9-15,18,20-21,26-27,30,34,37,39-41,47,50H,16-17,19,22-25H2,1-8H3,(H,46,52)(H,53,54)/t26-,27+,30+,34+,37+,39+,40-,41-/m1/s1. The highest BCUT2D eigenvalue weighted by atomic mass is 16.7. The molecular weight excluding hydrogens is 709 g/mol. The first-order valence-electron chi connectivity index (χ1n) is 20.0. The number of nitrogens with zero attached hydrogens (tertiary/aromatic N) is 2. The van der Waals surface area contributed by atoms with Gasteiger partial charge >= 0.3 is 5.97 Å². The third-order valence-electron chi connectivity index (χ3n) is 13.3. The number of hydroxylamine groups is 2. The number of aromatic carboxylic acids is 1. The van der Waals surface area contributed by atoms with Crippen molar-refractivity contribution in [3.63, 3.8) is 0 Å². The Bertz CT molecular complexity index is 1890. The molecular formula is C45H60N4O7. The fourth-order valence-electron chi connectivity index (χ4n) is 9.85. The number of carboxylic acids is 1. The van der Waals surface area contributed by atoms with Gasteiger partial charge in [-0.25, -0.2) is 4.79 Å². The summed E-state index contributed by atoms with van der Waals surface area (Å²) in [5, 5.41) is 28.6. The molecule has 8 atom stereocenters. The van der Waals surface area contributed by atoms with Crippen molar-refractivity contribution in [1.82, 2.24) is 15.7 Å². The Morgan fingerprint density at radius 2 is 1.79 bits per heavy atom. The van der Waals surface area contributed by atoms with Crippen LogP contribution in [0.25, 0.3) is 11.1 Å². The van der Waals surface area contributed by atoms with Gasteiger partial charge in [0.15, 0.2) is 5.78 Å². The van der Waals surface area contributed by atoms with Crippen molar-refractivity contribution < 1.29 is 34.2 Å². The van der Waals surface area contributed by atoms with E-state index in [-0.39, 0.29) is 23.8 Å². The van der Waals surface area contributed by atoms with E-state index in [0.717, 1.165) is 40.8 Å². The molecule has 7 rings (SSSR count). The predicted molar refractivity (Wildman–Crippen MR) is 218 cm³/mol. The number of ketones is 1. The lowest BCUT2D eigenvalue weighted by Crippen LogP contribution is -2.55. The number of aliphatic hydroxyl groups excluding tert-OH is 1. The van der Waals surface area contributed by atoms with Gasteiger partial charge in [-0.15, -0.1) is 0 Å². The van der Waals surface area contributed by atoms with Gasteiger partial charge < -0.3 is 30.5 Å². The molecule has 1 aliphatic heterocycles. The number of carbonyl (C=O) groups excluding carboxylic acids is 2. The van der Waals surface area contributed by atoms with Crippen LogP contribution >= 0.6 is 0 Å². The number of nitrogens with one attached hydrogen (secondary N) is 2. The third-order valence-corrected chi connectivity index (χ3v) is 13.3. The second-order valence-corrected chi connectivity index (χ2v) is 17.1. The van der Waals surface area contributed by atoms with Gasteiger partial charge in [-0.2, -0.15) is 5.06 Å². The van der Waals surface area contributed by atoms with Crippen molar-refractivity contribution >= 4 is 23.3 Å². The molecule has 3 aromatic rings. The molecule has 11 nitrogen and oxygen atoms in total. The van der Waals surface area contributed by atoms with E-state index in [1.165, 1.54) is 6.42 Å². The number of Topliss-reactive ketones (excluding diaryl/α,β-unsaturated/α-hetero) is 1. The minimum Gasteiger partial charge on any atom is -0.496 e. The summed E-state index contributed by atoms with van der Waals surface area (Å²) in [7, 11) is 7.09. The highest BCUT2D eigenvalue weighted by Gasteiger charge is 2.56. The molecule has 0 aromatic heterocycles. The molecule has 4 N–H and O–H groups in total. The van der Waals surface area contributed by atoms with Crippen LogP contribution in [0.3, 0.4) is 0 Å². The zero-order valence-electron chi connectivity index (χ0n) is 34.2. The normalized spacial score (nSPS) is 25.9. The van der Waals surface area contributed by atoms with Gasteiger partial charge in [0.25, 0.3) is 5.91 Å². The monoisotopic (exact) mass is 768 g/mol. The maximum atomic E-state index is 14.6. The minimum atomic E-state index is -0.976. The SMILES string of the molecule is CNC(=O)c1cc(-c2cccc(CN3O[C@@H](CNCc4ccc(C(=O)O)cc4)[C@@H]([C@H](C)O)[C@H]3C(=O)CC[C@H]3C[C@H]4C[C@@H]([C@@H]3C)C4(C)C)c2OC)cc(N(C)C)c1. The van der Waals surface area contributed by atoms with E-state index in [1.807, 2.05) is 55.4 Å². The first-order valence-corrected chi connectivity index (χ1v) is 20.0. The molecule has 3 aliphatic carbocycles. The van der Waals surface area contributed by atoms with Gasteiger partial charge in [-0.3, -0.25) is 14.4 Å². The van der Waals surface area contributed by atoms with Gasteiger partial charge in [-0.05, 0) is 96.7 Å². The van der Waals surface area contributed by atoms with Gasteiger partial charge in [0.2, 0.25) is 0 Å². The predicted octanol–water partition coefficient (Wildman–Crippen LogP) is 6.42. The number of carbonyl (C=O) groups is 3. The molecule has 11 heteroatoms. The van der Waals surface area contributed by atoms with Crippen molar-refractivity contribution in [2.45, 2.75) is 84.7 Å². The third kappa shape index (κ3) is 8.37. The number of ether oxygens (including phenoxy) is 1. The Labute approximate surface area is 331 Å². The van der Waals surface area contributed by atoms with Crippen LogP contribution in [-0.4, -0.2) is 86.0 Å². The van der Waals surface area contributed by atoms with Crippen LogP contribution in [0.15, 0.2) is 60.7 Å². The summed E-state index contributed by atoms with van der Waals surface area (Å²) in [5.74, 6) is 1.47. The zero-order valence-corrected chi connectivity index (χ0v) is 34.2. The summed E-state index contributed by atoms with van der Waals surface area (Å²) in [6.45, 7) is 9.95. The molecule has 2 bridgehead atoms. The molecule has 1 heterocycles. The number of rotatable bonds is 16. The molecule has 0 spiro atoms. The number of benzene rings is 3. The number of hydrogen-bond acceptors (Lipinski definition) is 9. The Kier molecular flexibility index (Phi) is 12.6. The molecule has 3 saturated carbocycles. The summed E-state index contributed by atoms with van der Waals surface area (Å²) in [6.07, 6.45) is 2.34. The molecule has 56 heavy (non-hydrogen) atoms. The molecule has 0 radical (unpaired) electrons. The number of anilines is 1. The highest BCUT2D eigenvalue weighted by Crippen LogP contribution is 2.63. The lowest BCUT2D eigenvalue weighted by atomic mass is 9.43. The number of hydrogen-bond donors (Lipinski definition) is 4. The number of para-hydroxylation sites is 1. The summed E-state index contributed by atoms with van der Waals surface area (Å²) < 4.78 is 6.09. The maximum Gasteiger partial charge on any atom is 0.335 e. The van der Waals surface area contributed by atoms with E-state index in [1.54, 1.807) is 50.4 Å². The number of methoxy groups -OCH3 is 1. The van der Waals surface area contributed by atoms with Crippen LogP contribution in [0.4, 0.5) is 5.69 Å². The first kappa shape index (κ1) is 41.3. The average Bonchev–Trinajstić information content (AvgIpc) is 3.54. The van der Waals surface area contributed by atoms with E-state index in [2.05, 4.69) is 31.4 Å². The van der Waals surface area contributed by atoms with Gasteiger partial charge in [0.05, 0.1) is 31.4 Å². The topological polar surface area (TPSA) is 141 Å². The Morgan fingerprint density at radius 3 is 2.39 bits per heavy atom. The summed E-state index contributed by atoms with van der Waals surface area (Å²) in [4.78, 5) is 47.3. The molecule has 3 aromatic carbocycles. The Balaban J connectivity index is 1.28. The van der Waals surface area contributed by atoms with Crippen LogP contribution in [0, 0.1) is 35.0 Å². The summed E-state index contributed by atoms with van der Waals surface area (Å²) in [6, 6.07) is 17.6. The van der Waals surface area contributed by atoms with Crippen molar-refractivity contribution in [2.24, 2.45) is 35.0 Å².